The molecule has 2 atom stereocenters. The van der Waals surface area contributed by atoms with Crippen LogP contribution in [-0.4, -0.2) is 38.5 Å². The molecule has 7 nitrogen and oxygen atoms in total. The van der Waals surface area contributed by atoms with E-state index in [9.17, 15) is 13.2 Å². The van der Waals surface area contributed by atoms with E-state index >= 15 is 0 Å². The maximum Gasteiger partial charge on any atom is 0.267 e. The molecule has 0 radical (unpaired) electrons. The van der Waals surface area contributed by atoms with E-state index in [1.165, 1.54) is 23.9 Å². The van der Waals surface area contributed by atoms with Crippen LogP contribution in [0.4, 0.5) is 0 Å². The predicted molar refractivity (Wildman–Crippen MR) is 91.2 cm³/mol. The fourth-order valence-corrected chi connectivity index (χ4v) is 4.36. The Morgan fingerprint density at radius 2 is 2.04 bits per heavy atom. The smallest absolute Gasteiger partial charge is 0.267 e. The van der Waals surface area contributed by atoms with E-state index in [4.69, 9.17) is 5.73 Å². The highest BCUT2D eigenvalue weighted by molar-refractivity contribution is 7.89. The molecule has 1 heterocycles. The molecule has 132 valence electrons. The van der Waals surface area contributed by atoms with Crippen molar-refractivity contribution in [3.63, 3.8) is 0 Å². The third-order valence-corrected chi connectivity index (χ3v) is 5.73. The van der Waals surface area contributed by atoms with Crippen molar-refractivity contribution >= 4 is 28.3 Å². The SMILES string of the molecule is CNC(=O)c1cc(S(=O)(=O)NC2CCCCC2CN)cn1C.Cl. The van der Waals surface area contributed by atoms with Crippen LogP contribution in [0.15, 0.2) is 17.2 Å². The zero-order chi connectivity index (χ0) is 16.3. The summed E-state index contributed by atoms with van der Waals surface area (Å²) in [7, 11) is -0.497. The van der Waals surface area contributed by atoms with Crippen LogP contribution < -0.4 is 15.8 Å². The number of hydrogen-bond donors (Lipinski definition) is 3. The van der Waals surface area contributed by atoms with Gasteiger partial charge in [0.05, 0.1) is 0 Å². The molecule has 0 bridgehead atoms. The lowest BCUT2D eigenvalue weighted by atomic mass is 9.85. The quantitative estimate of drug-likeness (QED) is 0.711. The summed E-state index contributed by atoms with van der Waals surface area (Å²) >= 11 is 0. The fourth-order valence-electron chi connectivity index (χ4n) is 2.95. The minimum absolute atomic E-state index is 0. The zero-order valence-corrected chi connectivity index (χ0v) is 15.0. The van der Waals surface area contributed by atoms with E-state index in [-0.39, 0.29) is 35.2 Å². The van der Waals surface area contributed by atoms with Gasteiger partial charge in [0.2, 0.25) is 10.0 Å². The van der Waals surface area contributed by atoms with Gasteiger partial charge in [-0.1, -0.05) is 12.8 Å². The number of carbonyl (C=O) groups is 1. The van der Waals surface area contributed by atoms with Crippen molar-refractivity contribution in [1.29, 1.82) is 0 Å². The first-order valence-corrected chi connectivity index (χ1v) is 8.98. The highest BCUT2D eigenvalue weighted by atomic mass is 35.5. The Hall–Kier alpha value is -1.09. The minimum Gasteiger partial charge on any atom is -0.354 e. The topological polar surface area (TPSA) is 106 Å². The number of nitrogens with zero attached hydrogens (tertiary/aromatic N) is 1. The highest BCUT2D eigenvalue weighted by Crippen LogP contribution is 2.25. The molecule has 0 aromatic carbocycles. The van der Waals surface area contributed by atoms with Gasteiger partial charge in [0.25, 0.3) is 5.91 Å². The minimum atomic E-state index is -3.65. The van der Waals surface area contributed by atoms with Crippen molar-refractivity contribution in [1.82, 2.24) is 14.6 Å². The van der Waals surface area contributed by atoms with E-state index in [2.05, 4.69) is 10.0 Å². The summed E-state index contributed by atoms with van der Waals surface area (Å²) in [5.74, 6) is -0.146. The number of aryl methyl sites for hydroxylation is 1. The molecule has 2 rings (SSSR count). The lowest BCUT2D eigenvalue weighted by Crippen LogP contribution is -2.44. The average Bonchev–Trinajstić information content (AvgIpc) is 2.89. The number of sulfonamides is 1. The van der Waals surface area contributed by atoms with Crippen LogP contribution >= 0.6 is 12.4 Å². The number of nitrogens with one attached hydrogen (secondary N) is 2. The lowest BCUT2D eigenvalue weighted by molar-refractivity contribution is 0.0955. The average molecular weight is 365 g/mol. The van der Waals surface area contributed by atoms with E-state index in [1.54, 1.807) is 7.05 Å². The molecule has 1 fully saturated rings. The number of rotatable bonds is 5. The second kappa shape index (κ2) is 8.14. The van der Waals surface area contributed by atoms with Gasteiger partial charge >= 0.3 is 0 Å². The number of amides is 1. The number of hydrogen-bond acceptors (Lipinski definition) is 4. The third kappa shape index (κ3) is 4.47. The monoisotopic (exact) mass is 364 g/mol. The maximum atomic E-state index is 12.5. The van der Waals surface area contributed by atoms with Crippen LogP contribution in [0.25, 0.3) is 0 Å². The van der Waals surface area contributed by atoms with Crippen molar-refractivity contribution in [3.05, 3.63) is 18.0 Å². The molecule has 0 spiro atoms. The Morgan fingerprint density at radius 1 is 1.39 bits per heavy atom. The van der Waals surface area contributed by atoms with Crippen molar-refractivity contribution in [2.45, 2.75) is 36.6 Å². The molecular weight excluding hydrogens is 340 g/mol. The molecule has 1 aromatic rings. The summed E-state index contributed by atoms with van der Waals surface area (Å²) in [6.45, 7) is 0.478. The van der Waals surface area contributed by atoms with Crippen LogP contribution in [0.5, 0.6) is 0 Å². The molecule has 4 N–H and O–H groups in total. The fraction of sp³-hybridized carbons (Fsp3) is 0.643. The Balaban J connectivity index is 0.00000264. The van der Waals surface area contributed by atoms with Gasteiger partial charge in [0.1, 0.15) is 10.6 Å². The van der Waals surface area contributed by atoms with E-state index in [1.807, 2.05) is 0 Å². The maximum absolute atomic E-state index is 12.5. The van der Waals surface area contributed by atoms with Gasteiger partial charge in [0.15, 0.2) is 0 Å². The predicted octanol–water partition coefficient (Wildman–Crippen LogP) is 0.602. The summed E-state index contributed by atoms with van der Waals surface area (Å²) in [6, 6.07) is 1.26. The molecule has 2 unspecified atom stereocenters. The molecular formula is C14H25ClN4O3S. The number of carbonyl (C=O) groups excluding carboxylic acids is 1. The summed E-state index contributed by atoms with van der Waals surface area (Å²) in [6.07, 6.45) is 5.29. The molecule has 9 heteroatoms. The van der Waals surface area contributed by atoms with Gasteiger partial charge in [-0.05, 0) is 31.4 Å². The Kier molecular flexibility index (Phi) is 7.06. The first kappa shape index (κ1) is 20.0. The first-order valence-electron chi connectivity index (χ1n) is 7.50. The summed E-state index contributed by atoms with van der Waals surface area (Å²) in [5.41, 5.74) is 6.05. The van der Waals surface area contributed by atoms with E-state index in [0.29, 0.717) is 12.2 Å². The van der Waals surface area contributed by atoms with Crippen LogP contribution in [-0.2, 0) is 17.1 Å². The molecule has 23 heavy (non-hydrogen) atoms. The van der Waals surface area contributed by atoms with Gasteiger partial charge in [-0.2, -0.15) is 0 Å². The third-order valence-electron chi connectivity index (χ3n) is 4.27. The molecule has 1 aliphatic carbocycles. The van der Waals surface area contributed by atoms with Crippen molar-refractivity contribution < 1.29 is 13.2 Å². The number of halogens is 1. The molecule has 0 saturated heterocycles. The summed E-state index contributed by atoms with van der Waals surface area (Å²) in [4.78, 5) is 11.8. The molecule has 1 saturated carbocycles. The van der Waals surface area contributed by atoms with Gasteiger partial charge in [-0.25, -0.2) is 13.1 Å². The van der Waals surface area contributed by atoms with E-state index < -0.39 is 10.0 Å². The highest BCUT2D eigenvalue weighted by Gasteiger charge is 2.29. The summed E-state index contributed by atoms with van der Waals surface area (Å²) < 4.78 is 29.3. The zero-order valence-electron chi connectivity index (χ0n) is 13.4. The second-order valence-corrected chi connectivity index (χ2v) is 7.47. The van der Waals surface area contributed by atoms with Crippen LogP contribution in [0.2, 0.25) is 0 Å². The lowest BCUT2D eigenvalue weighted by Gasteiger charge is -2.30. The van der Waals surface area contributed by atoms with Gasteiger partial charge in [-0.3, -0.25) is 4.79 Å². The van der Waals surface area contributed by atoms with Crippen molar-refractivity contribution in [3.8, 4) is 0 Å². The Bertz CT molecular complexity index is 644. The van der Waals surface area contributed by atoms with E-state index in [0.717, 1.165) is 25.7 Å². The molecule has 0 aliphatic heterocycles. The summed E-state index contributed by atoms with van der Waals surface area (Å²) in [5, 5.41) is 2.49. The standard InChI is InChI=1S/C14H24N4O3S.ClH/c1-16-14(19)13-7-11(9-18(13)2)22(20,21)17-12-6-4-3-5-10(12)8-15;/h7,9-10,12,17H,3-6,8,15H2,1-2H3,(H,16,19);1H. The number of nitrogens with two attached hydrogens (primary N) is 1. The number of aromatic nitrogens is 1. The molecule has 1 aromatic heterocycles. The van der Waals surface area contributed by atoms with Gasteiger partial charge in [0, 0.05) is 26.3 Å². The van der Waals surface area contributed by atoms with Crippen LogP contribution in [0, 0.1) is 5.92 Å². The Labute approximate surface area is 143 Å². The second-order valence-electron chi connectivity index (χ2n) is 5.76. The van der Waals surface area contributed by atoms with Crippen LogP contribution in [0.3, 0.4) is 0 Å². The normalized spacial score (nSPS) is 21.5. The van der Waals surface area contributed by atoms with Crippen molar-refractivity contribution in [2.24, 2.45) is 18.7 Å². The molecule has 1 aliphatic rings. The van der Waals surface area contributed by atoms with Gasteiger partial charge < -0.3 is 15.6 Å². The van der Waals surface area contributed by atoms with Gasteiger partial charge in [-0.15, -0.1) is 12.4 Å². The Morgan fingerprint density at radius 3 is 2.65 bits per heavy atom. The van der Waals surface area contributed by atoms with Crippen molar-refractivity contribution in [2.75, 3.05) is 13.6 Å². The largest absolute Gasteiger partial charge is 0.354 e. The van der Waals surface area contributed by atoms with Crippen LogP contribution in [0.1, 0.15) is 36.2 Å². The first-order chi connectivity index (χ1) is 10.4. The molecule has 1 amide bonds.